The molecule has 0 aliphatic carbocycles. The van der Waals surface area contributed by atoms with E-state index in [2.05, 4.69) is 34.8 Å². The Balaban J connectivity index is 2.77. The molecule has 1 aromatic rings. The normalized spacial score (nSPS) is 14.9. The summed E-state index contributed by atoms with van der Waals surface area (Å²) in [6, 6.07) is 6.16. The van der Waals surface area contributed by atoms with Gasteiger partial charge in [0, 0.05) is 26.4 Å². The van der Waals surface area contributed by atoms with E-state index in [1.54, 1.807) is 0 Å². The van der Waals surface area contributed by atoms with Crippen molar-refractivity contribution in [3.63, 3.8) is 0 Å². The quantitative estimate of drug-likeness (QED) is 0.839. The van der Waals surface area contributed by atoms with E-state index < -0.39 is 0 Å². The lowest BCUT2D eigenvalue weighted by Crippen LogP contribution is -2.35. The van der Waals surface area contributed by atoms with E-state index in [9.17, 15) is 0 Å². The number of hydrogen-bond acceptors (Lipinski definition) is 2. The van der Waals surface area contributed by atoms with Crippen molar-refractivity contribution in [2.24, 2.45) is 5.73 Å². The van der Waals surface area contributed by atoms with Crippen molar-refractivity contribution in [1.29, 1.82) is 0 Å². The molecule has 1 rings (SSSR count). The largest absolute Gasteiger partial charge is 0.380 e. The summed E-state index contributed by atoms with van der Waals surface area (Å²) in [7, 11) is 0. The summed E-state index contributed by atoms with van der Waals surface area (Å²) < 4.78 is 1.11. The number of rotatable bonds is 3. The van der Waals surface area contributed by atoms with E-state index >= 15 is 0 Å². The Bertz CT molecular complexity index is 315. The maximum absolute atomic E-state index is 5.86. The van der Waals surface area contributed by atoms with Crippen LogP contribution in [0.15, 0.2) is 18.2 Å². The van der Waals surface area contributed by atoms with Gasteiger partial charge >= 0.3 is 0 Å². The highest BCUT2D eigenvalue weighted by Crippen LogP contribution is 2.23. The highest BCUT2D eigenvalue weighted by atomic mass is 127. The molecule has 4 heteroatoms. The minimum Gasteiger partial charge on any atom is -0.380 e. The molecule has 0 aromatic heterocycles. The van der Waals surface area contributed by atoms with Crippen LogP contribution in [0, 0.1) is 3.57 Å². The lowest BCUT2D eigenvalue weighted by molar-refractivity contribution is 0.638. The van der Waals surface area contributed by atoms with Gasteiger partial charge in [0.2, 0.25) is 0 Å². The minimum atomic E-state index is 0.126. The van der Waals surface area contributed by atoms with E-state index in [-0.39, 0.29) is 12.1 Å². The molecule has 0 bridgehead atoms. The molecule has 1 aromatic carbocycles. The Kier molecular flexibility index (Phi) is 4.47. The average molecular weight is 325 g/mol. The predicted molar refractivity (Wildman–Crippen MR) is 70.9 cm³/mol. The van der Waals surface area contributed by atoms with E-state index in [0.717, 1.165) is 14.3 Å². The van der Waals surface area contributed by atoms with Gasteiger partial charge < -0.3 is 11.1 Å². The molecular formula is C10H14ClIN2. The van der Waals surface area contributed by atoms with Gasteiger partial charge in [0.25, 0.3) is 0 Å². The van der Waals surface area contributed by atoms with Gasteiger partial charge in [-0.3, -0.25) is 0 Å². The van der Waals surface area contributed by atoms with Gasteiger partial charge in [-0.15, -0.1) is 0 Å². The van der Waals surface area contributed by atoms with Gasteiger partial charge in [0.15, 0.2) is 0 Å². The zero-order valence-electron chi connectivity index (χ0n) is 8.22. The second kappa shape index (κ2) is 5.19. The Morgan fingerprint density at radius 2 is 2.07 bits per heavy atom. The molecule has 0 aliphatic heterocycles. The Morgan fingerprint density at radius 1 is 1.43 bits per heavy atom. The monoisotopic (exact) mass is 324 g/mol. The first-order chi connectivity index (χ1) is 6.50. The van der Waals surface area contributed by atoms with E-state index in [1.165, 1.54) is 0 Å². The summed E-state index contributed by atoms with van der Waals surface area (Å²) in [5.74, 6) is 0. The van der Waals surface area contributed by atoms with Crippen molar-refractivity contribution in [3.8, 4) is 0 Å². The van der Waals surface area contributed by atoms with Crippen LogP contribution in [0.5, 0.6) is 0 Å². The van der Waals surface area contributed by atoms with Gasteiger partial charge in [0.1, 0.15) is 0 Å². The fraction of sp³-hybridized carbons (Fsp3) is 0.400. The van der Waals surface area contributed by atoms with Gasteiger partial charge in [-0.25, -0.2) is 0 Å². The summed E-state index contributed by atoms with van der Waals surface area (Å²) in [4.78, 5) is 0. The summed E-state index contributed by atoms with van der Waals surface area (Å²) in [5, 5.41) is 4.10. The molecular weight excluding hydrogens is 310 g/mol. The molecule has 0 amide bonds. The van der Waals surface area contributed by atoms with Crippen LogP contribution in [0.4, 0.5) is 5.69 Å². The van der Waals surface area contributed by atoms with Crippen molar-refractivity contribution < 1.29 is 0 Å². The predicted octanol–water partition coefficient (Wildman–Crippen LogP) is 3.09. The van der Waals surface area contributed by atoms with Crippen LogP contribution in [0.25, 0.3) is 0 Å². The summed E-state index contributed by atoms with van der Waals surface area (Å²) >= 11 is 8.11. The van der Waals surface area contributed by atoms with Crippen LogP contribution in [-0.2, 0) is 0 Å². The second-order valence-corrected chi connectivity index (χ2v) is 5.01. The molecule has 0 fully saturated rings. The maximum Gasteiger partial charge on any atom is 0.0479 e. The van der Waals surface area contributed by atoms with Crippen molar-refractivity contribution in [1.82, 2.24) is 0 Å². The molecule has 78 valence electrons. The summed E-state index contributed by atoms with van der Waals surface area (Å²) in [6.07, 6.45) is 0. The Morgan fingerprint density at radius 3 is 2.57 bits per heavy atom. The molecule has 0 aliphatic rings. The van der Waals surface area contributed by atoms with Crippen LogP contribution >= 0.6 is 34.2 Å². The number of halogens is 2. The topological polar surface area (TPSA) is 38.0 Å². The number of nitrogens with two attached hydrogens (primary N) is 1. The average Bonchev–Trinajstić information content (AvgIpc) is 2.09. The van der Waals surface area contributed by atoms with E-state index in [4.69, 9.17) is 17.3 Å². The first-order valence-corrected chi connectivity index (χ1v) is 5.93. The highest BCUT2D eigenvalue weighted by Gasteiger charge is 2.08. The molecule has 14 heavy (non-hydrogen) atoms. The lowest BCUT2D eigenvalue weighted by atomic mass is 10.2. The smallest absolute Gasteiger partial charge is 0.0479 e. The van der Waals surface area contributed by atoms with Crippen LogP contribution in [0.3, 0.4) is 0 Å². The molecule has 2 nitrogen and oxygen atoms in total. The first kappa shape index (κ1) is 12.1. The molecule has 0 heterocycles. The van der Waals surface area contributed by atoms with E-state index in [0.29, 0.717) is 0 Å². The molecule has 0 spiro atoms. The maximum atomic E-state index is 5.86. The van der Waals surface area contributed by atoms with Gasteiger partial charge in [-0.1, -0.05) is 11.6 Å². The van der Waals surface area contributed by atoms with E-state index in [1.807, 2.05) is 25.1 Å². The highest BCUT2D eigenvalue weighted by molar-refractivity contribution is 14.1. The van der Waals surface area contributed by atoms with Crippen LogP contribution in [0.1, 0.15) is 13.8 Å². The third kappa shape index (κ3) is 3.29. The van der Waals surface area contributed by atoms with Gasteiger partial charge in [-0.05, 0) is 54.6 Å². The zero-order chi connectivity index (χ0) is 10.7. The fourth-order valence-corrected chi connectivity index (χ4v) is 2.01. The van der Waals surface area contributed by atoms with Gasteiger partial charge in [-0.2, -0.15) is 0 Å². The zero-order valence-corrected chi connectivity index (χ0v) is 11.1. The molecule has 0 radical (unpaired) electrons. The number of benzene rings is 1. The van der Waals surface area contributed by atoms with Crippen LogP contribution in [-0.4, -0.2) is 12.1 Å². The number of nitrogens with one attached hydrogen (secondary N) is 1. The fourth-order valence-electron chi connectivity index (χ4n) is 0.983. The van der Waals surface area contributed by atoms with Crippen molar-refractivity contribution in [2.45, 2.75) is 25.9 Å². The molecule has 3 N–H and O–H groups in total. The Hall–Kier alpha value is -0.000000000000000111. The van der Waals surface area contributed by atoms with Crippen molar-refractivity contribution in [2.75, 3.05) is 5.32 Å². The standard InChI is InChI=1S/C10H14ClIN2/c1-6(13)7(2)14-10-4-3-8(11)5-9(10)12/h3-7,14H,13H2,1-2H3. The summed E-state index contributed by atoms with van der Waals surface area (Å²) in [5.41, 5.74) is 6.86. The lowest BCUT2D eigenvalue weighted by Gasteiger charge is -2.19. The minimum absolute atomic E-state index is 0.126. The summed E-state index contributed by atoms with van der Waals surface area (Å²) in [6.45, 7) is 4.05. The van der Waals surface area contributed by atoms with Gasteiger partial charge in [0.05, 0.1) is 0 Å². The number of hydrogen-bond donors (Lipinski definition) is 2. The van der Waals surface area contributed by atoms with Crippen LogP contribution < -0.4 is 11.1 Å². The molecule has 2 atom stereocenters. The Labute approximate surface area is 103 Å². The first-order valence-electron chi connectivity index (χ1n) is 4.48. The number of anilines is 1. The van der Waals surface area contributed by atoms with Crippen LogP contribution in [0.2, 0.25) is 5.02 Å². The SMILES string of the molecule is CC(N)C(C)Nc1ccc(Cl)cc1I. The third-order valence-electron chi connectivity index (χ3n) is 2.10. The second-order valence-electron chi connectivity index (χ2n) is 3.42. The third-order valence-corrected chi connectivity index (χ3v) is 3.23. The van der Waals surface area contributed by atoms with Crippen molar-refractivity contribution >= 4 is 39.9 Å². The molecule has 0 saturated carbocycles. The molecule has 0 saturated heterocycles. The molecule has 2 unspecified atom stereocenters. The van der Waals surface area contributed by atoms with Crippen molar-refractivity contribution in [3.05, 3.63) is 26.8 Å².